The van der Waals surface area contributed by atoms with Crippen LogP contribution in [-0.4, -0.2) is 26.9 Å². The molecule has 0 aliphatic carbocycles. The van der Waals surface area contributed by atoms with Crippen LogP contribution >= 0.6 is 0 Å². The molecule has 0 saturated carbocycles. The van der Waals surface area contributed by atoms with E-state index in [-0.39, 0.29) is 23.8 Å². The van der Waals surface area contributed by atoms with Gasteiger partial charge in [-0.25, -0.2) is 4.98 Å². The molecule has 0 radical (unpaired) electrons. The summed E-state index contributed by atoms with van der Waals surface area (Å²) >= 11 is 0. The fourth-order valence-corrected chi connectivity index (χ4v) is 2.06. The molecule has 3 heterocycles. The lowest BCUT2D eigenvalue weighted by atomic mass is 10.2. The summed E-state index contributed by atoms with van der Waals surface area (Å²) in [5.41, 5.74) is 0.970. The minimum atomic E-state index is -0.479. The Morgan fingerprint density at radius 2 is 1.88 bits per heavy atom. The Hall–Kier alpha value is -3.55. The summed E-state index contributed by atoms with van der Waals surface area (Å²) < 4.78 is 4.88. The fourth-order valence-electron chi connectivity index (χ4n) is 2.06. The monoisotopic (exact) mass is 337 g/mol. The minimum Gasteiger partial charge on any atom is -0.360 e. The largest absolute Gasteiger partial charge is 0.360 e. The van der Waals surface area contributed by atoms with Crippen molar-refractivity contribution in [2.45, 2.75) is 13.5 Å². The van der Waals surface area contributed by atoms with E-state index in [0.29, 0.717) is 5.76 Å². The first-order valence-electron chi connectivity index (χ1n) is 7.51. The van der Waals surface area contributed by atoms with E-state index in [2.05, 4.69) is 25.8 Å². The van der Waals surface area contributed by atoms with Crippen molar-refractivity contribution in [3.05, 3.63) is 71.5 Å². The van der Waals surface area contributed by atoms with Gasteiger partial charge < -0.3 is 15.2 Å². The summed E-state index contributed by atoms with van der Waals surface area (Å²) in [5, 5.41) is 8.95. The van der Waals surface area contributed by atoms with Crippen LogP contribution in [0.2, 0.25) is 0 Å². The van der Waals surface area contributed by atoms with Crippen molar-refractivity contribution in [1.82, 2.24) is 20.4 Å². The molecular weight excluding hydrogens is 322 g/mol. The number of nitrogens with one attached hydrogen (secondary N) is 2. The number of carbonyl (C=O) groups excluding carboxylic acids is 2. The van der Waals surface area contributed by atoms with Crippen LogP contribution in [-0.2, 0) is 6.54 Å². The van der Waals surface area contributed by atoms with E-state index in [1.807, 2.05) is 6.07 Å². The first-order valence-corrected chi connectivity index (χ1v) is 7.51. The number of nitrogens with zero attached hydrogens (tertiary/aromatic N) is 3. The third kappa shape index (κ3) is 4.25. The Morgan fingerprint density at radius 1 is 1.08 bits per heavy atom. The number of carbonyl (C=O) groups is 2. The van der Waals surface area contributed by atoms with Crippen molar-refractivity contribution >= 4 is 17.6 Å². The second-order valence-electron chi connectivity index (χ2n) is 5.19. The molecule has 8 heteroatoms. The standard InChI is InChI=1S/C17H15N5O3/c1-11-9-15(22-25-11)21-17(24)14-7-4-6-13(20-14)16(23)19-10-12-5-2-3-8-18-12/h2-9H,10H2,1H3,(H,19,23)(H,21,22,24). The zero-order valence-corrected chi connectivity index (χ0v) is 13.4. The molecule has 3 aromatic rings. The maximum absolute atomic E-state index is 12.2. The maximum atomic E-state index is 12.2. The quantitative estimate of drug-likeness (QED) is 0.736. The Labute approximate surface area is 143 Å². The van der Waals surface area contributed by atoms with Gasteiger partial charge in [-0.05, 0) is 31.2 Å². The minimum absolute atomic E-state index is 0.103. The van der Waals surface area contributed by atoms with Crippen molar-refractivity contribution in [3.63, 3.8) is 0 Å². The molecule has 0 unspecified atom stereocenters. The van der Waals surface area contributed by atoms with Crippen LogP contribution in [0.3, 0.4) is 0 Å². The second kappa shape index (κ2) is 7.35. The van der Waals surface area contributed by atoms with Gasteiger partial charge in [-0.1, -0.05) is 17.3 Å². The topological polar surface area (TPSA) is 110 Å². The SMILES string of the molecule is Cc1cc(NC(=O)c2cccc(C(=O)NCc3ccccn3)n2)no1. The number of hydrogen-bond acceptors (Lipinski definition) is 6. The van der Waals surface area contributed by atoms with Gasteiger partial charge in [0.25, 0.3) is 11.8 Å². The van der Waals surface area contributed by atoms with Gasteiger partial charge >= 0.3 is 0 Å². The molecule has 3 rings (SSSR count). The van der Waals surface area contributed by atoms with Crippen molar-refractivity contribution in [2.75, 3.05) is 5.32 Å². The average Bonchev–Trinajstić information content (AvgIpc) is 3.05. The summed E-state index contributed by atoms with van der Waals surface area (Å²) in [6, 6.07) is 11.7. The van der Waals surface area contributed by atoms with Gasteiger partial charge in [-0.3, -0.25) is 14.6 Å². The summed E-state index contributed by atoms with van der Waals surface area (Å²) in [7, 11) is 0. The molecule has 2 amide bonds. The van der Waals surface area contributed by atoms with E-state index in [0.717, 1.165) is 5.69 Å². The molecule has 8 nitrogen and oxygen atoms in total. The van der Waals surface area contributed by atoms with E-state index >= 15 is 0 Å². The van der Waals surface area contributed by atoms with Crippen LogP contribution in [0.15, 0.2) is 53.2 Å². The molecule has 0 aliphatic rings. The number of hydrogen-bond donors (Lipinski definition) is 2. The number of rotatable bonds is 5. The van der Waals surface area contributed by atoms with Crippen LogP contribution in [0, 0.1) is 6.92 Å². The van der Waals surface area contributed by atoms with Crippen molar-refractivity contribution in [1.29, 1.82) is 0 Å². The molecule has 25 heavy (non-hydrogen) atoms. The molecule has 0 saturated heterocycles. The lowest BCUT2D eigenvalue weighted by Crippen LogP contribution is -2.25. The Kier molecular flexibility index (Phi) is 4.79. The lowest BCUT2D eigenvalue weighted by molar-refractivity contribution is 0.0945. The molecule has 0 aromatic carbocycles. The van der Waals surface area contributed by atoms with Gasteiger partial charge in [0.15, 0.2) is 5.82 Å². The predicted molar refractivity (Wildman–Crippen MR) is 88.8 cm³/mol. The van der Waals surface area contributed by atoms with Crippen LogP contribution in [0.4, 0.5) is 5.82 Å². The fraction of sp³-hybridized carbons (Fsp3) is 0.118. The molecule has 0 aliphatic heterocycles. The van der Waals surface area contributed by atoms with Crippen molar-refractivity contribution < 1.29 is 14.1 Å². The van der Waals surface area contributed by atoms with Crippen LogP contribution in [0.25, 0.3) is 0 Å². The highest BCUT2D eigenvalue weighted by molar-refractivity contribution is 6.03. The highest BCUT2D eigenvalue weighted by Crippen LogP contribution is 2.09. The highest BCUT2D eigenvalue weighted by Gasteiger charge is 2.14. The summed E-state index contributed by atoms with van der Waals surface area (Å²) in [6.07, 6.45) is 1.65. The third-order valence-corrected chi connectivity index (χ3v) is 3.24. The van der Waals surface area contributed by atoms with Gasteiger partial charge in [0.05, 0.1) is 12.2 Å². The third-order valence-electron chi connectivity index (χ3n) is 3.24. The van der Waals surface area contributed by atoms with Crippen LogP contribution in [0.1, 0.15) is 32.4 Å². The first kappa shape index (κ1) is 16.3. The summed E-state index contributed by atoms with van der Waals surface area (Å²) in [5.74, 6) is -0.00882. The summed E-state index contributed by atoms with van der Waals surface area (Å²) in [6.45, 7) is 1.99. The summed E-state index contributed by atoms with van der Waals surface area (Å²) in [4.78, 5) is 32.6. The van der Waals surface area contributed by atoms with Gasteiger partial charge in [-0.2, -0.15) is 0 Å². The predicted octanol–water partition coefficient (Wildman–Crippen LogP) is 1.96. The Morgan fingerprint density at radius 3 is 2.56 bits per heavy atom. The smallest absolute Gasteiger partial charge is 0.275 e. The Balaban J connectivity index is 1.66. The second-order valence-corrected chi connectivity index (χ2v) is 5.19. The number of pyridine rings is 2. The highest BCUT2D eigenvalue weighted by atomic mass is 16.5. The van der Waals surface area contributed by atoms with E-state index in [4.69, 9.17) is 4.52 Å². The molecule has 0 fully saturated rings. The Bertz CT molecular complexity index is 892. The van der Waals surface area contributed by atoms with Crippen LogP contribution < -0.4 is 10.6 Å². The molecule has 126 valence electrons. The maximum Gasteiger partial charge on any atom is 0.275 e. The lowest BCUT2D eigenvalue weighted by Gasteiger charge is -2.06. The number of aromatic nitrogens is 3. The van der Waals surface area contributed by atoms with Crippen molar-refractivity contribution in [2.24, 2.45) is 0 Å². The van der Waals surface area contributed by atoms with E-state index in [1.54, 1.807) is 37.4 Å². The molecular formula is C17H15N5O3. The number of anilines is 1. The van der Waals surface area contributed by atoms with E-state index < -0.39 is 11.8 Å². The van der Waals surface area contributed by atoms with E-state index in [1.165, 1.54) is 12.1 Å². The van der Waals surface area contributed by atoms with Gasteiger partial charge in [0.2, 0.25) is 0 Å². The molecule has 2 N–H and O–H groups in total. The van der Waals surface area contributed by atoms with Gasteiger partial charge in [-0.15, -0.1) is 0 Å². The van der Waals surface area contributed by atoms with Gasteiger partial charge in [0.1, 0.15) is 17.1 Å². The van der Waals surface area contributed by atoms with Crippen molar-refractivity contribution in [3.8, 4) is 0 Å². The number of aryl methyl sites for hydroxylation is 1. The zero-order chi connectivity index (χ0) is 17.6. The number of amides is 2. The zero-order valence-electron chi connectivity index (χ0n) is 13.4. The van der Waals surface area contributed by atoms with E-state index in [9.17, 15) is 9.59 Å². The molecule has 3 aromatic heterocycles. The van der Waals surface area contributed by atoms with Crippen LogP contribution in [0.5, 0.6) is 0 Å². The first-order chi connectivity index (χ1) is 12.1. The molecule has 0 spiro atoms. The normalized spacial score (nSPS) is 10.3. The van der Waals surface area contributed by atoms with Gasteiger partial charge in [0, 0.05) is 12.3 Å². The average molecular weight is 337 g/mol. The molecule has 0 atom stereocenters. The molecule has 0 bridgehead atoms.